The van der Waals surface area contributed by atoms with E-state index < -0.39 is 0 Å². The molecule has 4 nitrogen and oxygen atoms in total. The van der Waals surface area contributed by atoms with Crippen LogP contribution in [0, 0.1) is 15.4 Å². The van der Waals surface area contributed by atoms with E-state index in [1.807, 2.05) is 25.1 Å². The Labute approximate surface area is 131 Å². The van der Waals surface area contributed by atoms with Crippen LogP contribution in [0.5, 0.6) is 0 Å². The van der Waals surface area contributed by atoms with Gasteiger partial charge in [0.05, 0.1) is 24.7 Å². The molecule has 1 aromatic rings. The van der Waals surface area contributed by atoms with Crippen LogP contribution in [0.2, 0.25) is 0 Å². The number of carbonyl (C=O) groups excluding carboxylic acids is 1. The highest BCUT2D eigenvalue weighted by Gasteiger charge is 2.56. The number of esters is 1. The quantitative estimate of drug-likeness (QED) is 0.634. The van der Waals surface area contributed by atoms with Crippen LogP contribution < -0.4 is 0 Å². The van der Waals surface area contributed by atoms with Crippen LogP contribution in [0.15, 0.2) is 24.3 Å². The average Bonchev–Trinajstić information content (AvgIpc) is 2.90. The number of aliphatic hydroxyl groups excluding tert-OH is 1. The summed E-state index contributed by atoms with van der Waals surface area (Å²) in [4.78, 5) is 12.0. The summed E-state index contributed by atoms with van der Waals surface area (Å²) in [6.07, 6.45) is 0.00339. The molecule has 108 valence electrons. The standard InChI is InChI=1S/C15H17IO4/c1-8-13-12(7-17)20-11(14(13)15(18)19-8)6-9-3-2-4-10(16)5-9/h2-5,8,11-14,17H,6-7H2,1H3/t8-,11?,12-,13+,14-/m1/s1. The van der Waals surface area contributed by atoms with Gasteiger partial charge in [-0.1, -0.05) is 12.1 Å². The van der Waals surface area contributed by atoms with Crippen LogP contribution >= 0.6 is 22.6 Å². The van der Waals surface area contributed by atoms with Crippen LogP contribution in [0.1, 0.15) is 12.5 Å². The van der Waals surface area contributed by atoms with Gasteiger partial charge in [-0.15, -0.1) is 0 Å². The van der Waals surface area contributed by atoms with Gasteiger partial charge in [-0.25, -0.2) is 0 Å². The molecular weight excluding hydrogens is 371 g/mol. The first-order chi connectivity index (χ1) is 9.60. The number of rotatable bonds is 3. The Morgan fingerprint density at radius 3 is 2.85 bits per heavy atom. The molecule has 5 heteroatoms. The lowest BCUT2D eigenvalue weighted by molar-refractivity contribution is -0.148. The summed E-state index contributed by atoms with van der Waals surface area (Å²) in [5.74, 6) is -0.464. The van der Waals surface area contributed by atoms with Crippen molar-refractivity contribution in [2.45, 2.75) is 31.7 Å². The van der Waals surface area contributed by atoms with Gasteiger partial charge in [0, 0.05) is 9.49 Å². The number of ether oxygens (including phenoxy) is 2. The molecule has 2 fully saturated rings. The lowest BCUT2D eigenvalue weighted by Gasteiger charge is -2.18. The first kappa shape index (κ1) is 14.3. The van der Waals surface area contributed by atoms with Crippen molar-refractivity contribution >= 4 is 28.6 Å². The molecule has 5 atom stereocenters. The van der Waals surface area contributed by atoms with Gasteiger partial charge in [-0.05, 0) is 53.6 Å². The number of hydrogen-bond acceptors (Lipinski definition) is 4. The van der Waals surface area contributed by atoms with Gasteiger partial charge < -0.3 is 14.6 Å². The topological polar surface area (TPSA) is 55.8 Å². The van der Waals surface area contributed by atoms with Gasteiger partial charge >= 0.3 is 5.97 Å². The zero-order valence-electron chi connectivity index (χ0n) is 11.2. The molecule has 2 saturated heterocycles. The maximum Gasteiger partial charge on any atom is 0.312 e. The van der Waals surface area contributed by atoms with E-state index in [2.05, 4.69) is 28.7 Å². The Kier molecular flexibility index (Phi) is 4.01. The normalized spacial score (nSPS) is 36.0. The molecule has 3 rings (SSSR count). The number of aliphatic hydroxyl groups is 1. The van der Waals surface area contributed by atoms with Gasteiger partial charge in [0.1, 0.15) is 6.10 Å². The van der Waals surface area contributed by atoms with E-state index in [-0.39, 0.29) is 42.7 Å². The fourth-order valence-corrected chi connectivity index (χ4v) is 3.97. The van der Waals surface area contributed by atoms with Gasteiger partial charge in [-0.3, -0.25) is 4.79 Å². The number of carbonyl (C=O) groups is 1. The minimum Gasteiger partial charge on any atom is -0.462 e. The van der Waals surface area contributed by atoms with Crippen molar-refractivity contribution in [3.63, 3.8) is 0 Å². The molecule has 1 unspecified atom stereocenters. The highest BCUT2D eigenvalue weighted by atomic mass is 127. The summed E-state index contributed by atoms with van der Waals surface area (Å²) in [5, 5.41) is 9.45. The van der Waals surface area contributed by atoms with Gasteiger partial charge in [0.15, 0.2) is 0 Å². The SMILES string of the molecule is C[C@H]1OC(=O)[C@@H]2C(Cc3cccc(I)c3)O[C@H](CO)[C@@H]21. The molecule has 0 aromatic heterocycles. The highest BCUT2D eigenvalue weighted by Crippen LogP contribution is 2.43. The Hall–Kier alpha value is -0.660. The predicted molar refractivity (Wildman–Crippen MR) is 81.1 cm³/mol. The third kappa shape index (κ3) is 2.46. The molecule has 2 aliphatic heterocycles. The lowest BCUT2D eigenvalue weighted by atomic mass is 9.84. The fourth-order valence-electron chi connectivity index (χ4n) is 3.36. The second-order valence-electron chi connectivity index (χ2n) is 5.47. The third-order valence-corrected chi connectivity index (χ3v) is 4.89. The largest absolute Gasteiger partial charge is 0.462 e. The van der Waals surface area contributed by atoms with Crippen molar-refractivity contribution in [3.8, 4) is 0 Å². The Balaban J connectivity index is 1.82. The van der Waals surface area contributed by atoms with Gasteiger partial charge in [-0.2, -0.15) is 0 Å². The summed E-state index contributed by atoms with van der Waals surface area (Å²) in [6, 6.07) is 8.17. The molecule has 0 amide bonds. The maximum atomic E-state index is 12.0. The maximum absolute atomic E-state index is 12.0. The van der Waals surface area contributed by atoms with E-state index in [9.17, 15) is 9.90 Å². The van der Waals surface area contributed by atoms with E-state index in [1.165, 1.54) is 0 Å². The lowest BCUT2D eigenvalue weighted by Crippen LogP contribution is -2.28. The van der Waals surface area contributed by atoms with E-state index >= 15 is 0 Å². The van der Waals surface area contributed by atoms with E-state index in [0.29, 0.717) is 6.42 Å². The molecular formula is C15H17IO4. The monoisotopic (exact) mass is 388 g/mol. The molecule has 1 N–H and O–H groups in total. The summed E-state index contributed by atoms with van der Waals surface area (Å²) < 4.78 is 12.4. The number of fused-ring (bicyclic) bond motifs is 1. The first-order valence-corrected chi connectivity index (χ1v) is 7.89. The molecule has 0 aliphatic carbocycles. The molecule has 0 spiro atoms. The second-order valence-corrected chi connectivity index (χ2v) is 6.72. The van der Waals surface area contributed by atoms with Crippen LogP contribution in [0.25, 0.3) is 0 Å². The zero-order valence-corrected chi connectivity index (χ0v) is 13.3. The smallest absolute Gasteiger partial charge is 0.312 e. The van der Waals surface area contributed by atoms with Crippen LogP contribution in [-0.4, -0.2) is 36.0 Å². The highest BCUT2D eigenvalue weighted by molar-refractivity contribution is 14.1. The van der Waals surface area contributed by atoms with Crippen LogP contribution in [-0.2, 0) is 20.7 Å². The van der Waals surface area contributed by atoms with E-state index in [4.69, 9.17) is 9.47 Å². The Morgan fingerprint density at radius 2 is 2.15 bits per heavy atom. The summed E-state index contributed by atoms with van der Waals surface area (Å²) >= 11 is 2.27. The average molecular weight is 388 g/mol. The third-order valence-electron chi connectivity index (χ3n) is 4.22. The number of hydrogen-bond donors (Lipinski definition) is 1. The van der Waals surface area contributed by atoms with E-state index in [1.54, 1.807) is 0 Å². The molecule has 0 bridgehead atoms. The van der Waals surface area contributed by atoms with Crippen molar-refractivity contribution in [2.24, 2.45) is 11.8 Å². The molecule has 20 heavy (non-hydrogen) atoms. The van der Waals surface area contributed by atoms with Crippen molar-refractivity contribution in [1.82, 2.24) is 0 Å². The van der Waals surface area contributed by atoms with Gasteiger partial charge in [0.2, 0.25) is 0 Å². The summed E-state index contributed by atoms with van der Waals surface area (Å²) in [5.41, 5.74) is 1.14. The first-order valence-electron chi connectivity index (χ1n) is 6.81. The molecule has 0 saturated carbocycles. The summed E-state index contributed by atoms with van der Waals surface area (Å²) in [7, 11) is 0. The molecule has 2 aliphatic rings. The molecule has 2 heterocycles. The van der Waals surface area contributed by atoms with Crippen molar-refractivity contribution in [3.05, 3.63) is 33.4 Å². The second kappa shape index (κ2) is 5.61. The number of benzene rings is 1. The van der Waals surface area contributed by atoms with Crippen molar-refractivity contribution < 1.29 is 19.4 Å². The van der Waals surface area contributed by atoms with Crippen molar-refractivity contribution in [2.75, 3.05) is 6.61 Å². The number of halogens is 1. The Bertz CT molecular complexity index is 518. The van der Waals surface area contributed by atoms with E-state index in [0.717, 1.165) is 9.13 Å². The van der Waals surface area contributed by atoms with Crippen LogP contribution in [0.4, 0.5) is 0 Å². The van der Waals surface area contributed by atoms with Crippen molar-refractivity contribution in [1.29, 1.82) is 0 Å². The minimum absolute atomic E-state index is 0.0275. The zero-order chi connectivity index (χ0) is 14.3. The molecule has 1 aromatic carbocycles. The molecule has 0 radical (unpaired) electrons. The summed E-state index contributed by atoms with van der Waals surface area (Å²) in [6.45, 7) is 1.81. The predicted octanol–water partition coefficient (Wildman–Crippen LogP) is 1.77. The Morgan fingerprint density at radius 1 is 1.35 bits per heavy atom. The van der Waals surface area contributed by atoms with Crippen LogP contribution in [0.3, 0.4) is 0 Å². The fraction of sp³-hybridized carbons (Fsp3) is 0.533. The number of cyclic esters (lactones) is 1. The van der Waals surface area contributed by atoms with Gasteiger partial charge in [0.25, 0.3) is 0 Å². The minimum atomic E-state index is -0.297.